The van der Waals surface area contributed by atoms with Crippen molar-refractivity contribution in [3.05, 3.63) is 24.5 Å². The van der Waals surface area contributed by atoms with Gasteiger partial charge in [-0.15, -0.1) is 0 Å². The molecule has 1 aromatic heterocycles. The zero-order valence-corrected chi connectivity index (χ0v) is 10.5. The lowest BCUT2D eigenvalue weighted by molar-refractivity contribution is -0.140. The molecule has 1 rings (SSSR count). The van der Waals surface area contributed by atoms with Crippen LogP contribution in [0.15, 0.2) is 24.5 Å². The van der Waals surface area contributed by atoms with E-state index in [1.807, 2.05) is 6.07 Å². The van der Waals surface area contributed by atoms with E-state index in [2.05, 4.69) is 9.72 Å². The minimum atomic E-state index is -0.186. The van der Waals surface area contributed by atoms with Gasteiger partial charge in [-0.05, 0) is 25.0 Å². The van der Waals surface area contributed by atoms with Crippen molar-refractivity contribution in [2.24, 2.45) is 0 Å². The summed E-state index contributed by atoms with van der Waals surface area (Å²) in [5.41, 5.74) is 0.792. The number of nitrogens with zero attached hydrogens (tertiary/aromatic N) is 2. The maximum Gasteiger partial charge on any atom is 0.305 e. The summed E-state index contributed by atoms with van der Waals surface area (Å²) in [4.78, 5) is 27.4. The molecule has 0 N–H and O–H groups in total. The molecule has 98 valence electrons. The van der Waals surface area contributed by atoms with Crippen LogP contribution >= 0.6 is 0 Å². The lowest BCUT2D eigenvalue weighted by Gasteiger charge is -2.16. The molecule has 5 nitrogen and oxygen atoms in total. The molecule has 0 aliphatic heterocycles. The van der Waals surface area contributed by atoms with Crippen molar-refractivity contribution < 1.29 is 14.3 Å². The summed E-state index contributed by atoms with van der Waals surface area (Å²) < 4.78 is 4.55. The van der Waals surface area contributed by atoms with Gasteiger partial charge >= 0.3 is 5.97 Å². The van der Waals surface area contributed by atoms with Gasteiger partial charge in [0.2, 0.25) is 6.41 Å². The number of methoxy groups -OCH3 is 1. The van der Waals surface area contributed by atoms with Crippen LogP contribution in [0.5, 0.6) is 0 Å². The predicted octanol–water partition coefficient (Wildman–Crippen LogP) is 1.78. The third-order valence-corrected chi connectivity index (χ3v) is 2.61. The van der Waals surface area contributed by atoms with Gasteiger partial charge in [-0.3, -0.25) is 14.6 Å². The number of hydrogen-bond acceptors (Lipinski definition) is 4. The average molecular weight is 250 g/mol. The second kappa shape index (κ2) is 8.22. The molecule has 0 aliphatic carbocycles. The van der Waals surface area contributed by atoms with Crippen LogP contribution in [0.2, 0.25) is 0 Å². The monoisotopic (exact) mass is 250 g/mol. The van der Waals surface area contributed by atoms with E-state index in [9.17, 15) is 9.59 Å². The van der Waals surface area contributed by atoms with Crippen LogP contribution in [-0.4, -0.2) is 31.0 Å². The molecule has 0 bridgehead atoms. The Morgan fingerprint density at radius 1 is 1.44 bits per heavy atom. The first-order valence-corrected chi connectivity index (χ1v) is 5.96. The number of pyridine rings is 1. The summed E-state index contributed by atoms with van der Waals surface area (Å²) in [5, 5.41) is 0. The van der Waals surface area contributed by atoms with Gasteiger partial charge in [0.05, 0.1) is 19.0 Å². The minimum absolute atomic E-state index is 0.186. The lowest BCUT2D eigenvalue weighted by atomic mass is 10.2. The van der Waals surface area contributed by atoms with Crippen molar-refractivity contribution in [2.75, 3.05) is 18.6 Å². The largest absolute Gasteiger partial charge is 0.469 e. The van der Waals surface area contributed by atoms with E-state index >= 15 is 0 Å². The van der Waals surface area contributed by atoms with Crippen LogP contribution in [-0.2, 0) is 14.3 Å². The fraction of sp³-hybridized carbons (Fsp3) is 0.462. The van der Waals surface area contributed by atoms with E-state index in [4.69, 9.17) is 0 Å². The highest BCUT2D eigenvalue weighted by atomic mass is 16.5. The Balaban J connectivity index is 2.25. The van der Waals surface area contributed by atoms with Crippen LogP contribution in [0.3, 0.4) is 0 Å². The van der Waals surface area contributed by atoms with E-state index < -0.39 is 0 Å². The third kappa shape index (κ3) is 4.95. The van der Waals surface area contributed by atoms with Crippen LogP contribution in [0, 0.1) is 0 Å². The molecule has 5 heteroatoms. The third-order valence-electron chi connectivity index (χ3n) is 2.61. The highest BCUT2D eigenvalue weighted by Gasteiger charge is 2.05. The Morgan fingerprint density at radius 3 is 2.89 bits per heavy atom. The molecule has 1 heterocycles. The number of aromatic nitrogens is 1. The summed E-state index contributed by atoms with van der Waals surface area (Å²) in [6, 6.07) is 3.64. The Hall–Kier alpha value is -1.91. The van der Waals surface area contributed by atoms with Crippen molar-refractivity contribution in [3.63, 3.8) is 0 Å². The van der Waals surface area contributed by atoms with Crippen molar-refractivity contribution in [1.82, 2.24) is 4.98 Å². The summed E-state index contributed by atoms with van der Waals surface area (Å²) in [5.74, 6) is -0.186. The Labute approximate surface area is 107 Å². The molecular weight excluding hydrogens is 232 g/mol. The van der Waals surface area contributed by atoms with Gasteiger partial charge in [-0.25, -0.2) is 0 Å². The molecule has 1 aromatic rings. The molecule has 0 saturated carbocycles. The molecule has 0 fully saturated rings. The van der Waals surface area contributed by atoms with Crippen molar-refractivity contribution >= 4 is 18.1 Å². The SMILES string of the molecule is COC(=O)CCCCCN(C=O)c1cccnc1. The lowest BCUT2D eigenvalue weighted by Crippen LogP contribution is -2.22. The number of ether oxygens (including phenoxy) is 1. The number of carbonyl (C=O) groups is 2. The second-order valence-corrected chi connectivity index (χ2v) is 3.90. The number of anilines is 1. The normalized spacial score (nSPS) is 9.83. The molecule has 1 amide bonds. The molecule has 0 atom stereocenters. The molecule has 0 spiro atoms. The maximum atomic E-state index is 10.9. The zero-order valence-electron chi connectivity index (χ0n) is 10.5. The Bertz CT molecular complexity index is 368. The van der Waals surface area contributed by atoms with Crippen LogP contribution < -0.4 is 4.90 Å². The van der Waals surface area contributed by atoms with Gasteiger partial charge in [0.25, 0.3) is 0 Å². The molecule has 18 heavy (non-hydrogen) atoms. The summed E-state index contributed by atoms with van der Waals surface area (Å²) in [6.07, 6.45) is 7.09. The highest BCUT2D eigenvalue weighted by Crippen LogP contribution is 2.11. The van der Waals surface area contributed by atoms with Gasteiger partial charge in [-0.2, -0.15) is 0 Å². The second-order valence-electron chi connectivity index (χ2n) is 3.90. The van der Waals surface area contributed by atoms with Crippen molar-refractivity contribution in [2.45, 2.75) is 25.7 Å². The molecule has 0 unspecified atom stereocenters. The highest BCUT2D eigenvalue weighted by molar-refractivity contribution is 5.74. The number of unbranched alkanes of at least 4 members (excludes halogenated alkanes) is 2. The number of amides is 1. The van der Waals surface area contributed by atoms with Gasteiger partial charge < -0.3 is 9.64 Å². The van der Waals surface area contributed by atoms with E-state index in [0.29, 0.717) is 13.0 Å². The molecule has 0 aliphatic rings. The van der Waals surface area contributed by atoms with E-state index in [1.165, 1.54) is 7.11 Å². The fourth-order valence-corrected chi connectivity index (χ4v) is 1.60. The van der Waals surface area contributed by atoms with Gasteiger partial charge in [0.15, 0.2) is 0 Å². The number of hydrogen-bond donors (Lipinski definition) is 0. The predicted molar refractivity (Wildman–Crippen MR) is 68.1 cm³/mol. The smallest absolute Gasteiger partial charge is 0.305 e. The van der Waals surface area contributed by atoms with Gasteiger partial charge in [-0.1, -0.05) is 6.42 Å². The quantitative estimate of drug-likeness (QED) is 0.401. The molecule has 0 saturated heterocycles. The Kier molecular flexibility index (Phi) is 6.46. The summed E-state index contributed by atoms with van der Waals surface area (Å²) in [7, 11) is 1.39. The number of esters is 1. The molecular formula is C13H18N2O3. The van der Waals surface area contributed by atoms with Crippen LogP contribution in [0.25, 0.3) is 0 Å². The fourth-order valence-electron chi connectivity index (χ4n) is 1.60. The first kappa shape index (κ1) is 14.2. The van der Waals surface area contributed by atoms with E-state index in [1.54, 1.807) is 23.4 Å². The first-order chi connectivity index (χ1) is 8.77. The van der Waals surface area contributed by atoms with Crippen molar-refractivity contribution in [1.29, 1.82) is 0 Å². The minimum Gasteiger partial charge on any atom is -0.469 e. The topological polar surface area (TPSA) is 59.5 Å². The average Bonchev–Trinajstić information content (AvgIpc) is 2.43. The molecule has 0 aromatic carbocycles. The van der Waals surface area contributed by atoms with E-state index in [-0.39, 0.29) is 5.97 Å². The Morgan fingerprint density at radius 2 is 2.28 bits per heavy atom. The van der Waals surface area contributed by atoms with Crippen molar-refractivity contribution in [3.8, 4) is 0 Å². The van der Waals surface area contributed by atoms with E-state index in [0.717, 1.165) is 31.4 Å². The summed E-state index contributed by atoms with van der Waals surface area (Å²) in [6.45, 7) is 0.635. The number of carbonyl (C=O) groups excluding carboxylic acids is 2. The standard InChI is InChI=1S/C13H18N2O3/c1-18-13(17)7-3-2-4-9-15(11-16)12-6-5-8-14-10-12/h5-6,8,10-11H,2-4,7,9H2,1H3. The first-order valence-electron chi connectivity index (χ1n) is 5.96. The number of rotatable bonds is 8. The zero-order chi connectivity index (χ0) is 13.2. The maximum absolute atomic E-state index is 10.9. The summed E-state index contributed by atoms with van der Waals surface area (Å²) >= 11 is 0. The van der Waals surface area contributed by atoms with Gasteiger partial charge in [0, 0.05) is 19.2 Å². The van der Waals surface area contributed by atoms with Crippen LogP contribution in [0.1, 0.15) is 25.7 Å². The van der Waals surface area contributed by atoms with Crippen LogP contribution in [0.4, 0.5) is 5.69 Å². The van der Waals surface area contributed by atoms with Gasteiger partial charge in [0.1, 0.15) is 0 Å². The molecule has 0 radical (unpaired) electrons.